The minimum Gasteiger partial charge on any atom is -0.497 e. The van der Waals surface area contributed by atoms with E-state index in [2.05, 4.69) is 15.5 Å². The Morgan fingerprint density at radius 1 is 1.21 bits per heavy atom. The minimum atomic E-state index is -3.69. The lowest BCUT2D eigenvalue weighted by atomic mass is 10.2. The van der Waals surface area contributed by atoms with Crippen LogP contribution in [-0.4, -0.2) is 62.2 Å². The summed E-state index contributed by atoms with van der Waals surface area (Å²) >= 11 is 0. The molecule has 1 aliphatic rings. The van der Waals surface area contributed by atoms with Crippen molar-refractivity contribution in [1.82, 2.24) is 14.5 Å². The van der Waals surface area contributed by atoms with Crippen LogP contribution >= 0.6 is 0 Å². The van der Waals surface area contributed by atoms with Crippen LogP contribution in [0.15, 0.2) is 57.8 Å². The highest BCUT2D eigenvalue weighted by Crippen LogP contribution is 2.24. The molecule has 10 nitrogen and oxygen atoms in total. The van der Waals surface area contributed by atoms with Crippen molar-refractivity contribution < 1.29 is 27.1 Å². The summed E-state index contributed by atoms with van der Waals surface area (Å²) in [5, 5.41) is 10.3. The summed E-state index contributed by atoms with van der Waals surface area (Å²) in [6.45, 7) is 0.945. The SMILES string of the molecule is COc1cccc(-c2nnc(NC(=O)c3ccc(S(=O)(=O)N(C)C[C@H]4CCCO4)cc3)o2)c1. The first-order valence-corrected chi connectivity index (χ1v) is 11.8. The van der Waals surface area contributed by atoms with E-state index >= 15 is 0 Å². The number of aromatic nitrogens is 2. The third-order valence-corrected chi connectivity index (χ3v) is 7.11. The van der Waals surface area contributed by atoms with Crippen molar-refractivity contribution in [1.29, 1.82) is 0 Å². The Bertz CT molecular complexity index is 1220. The quantitative estimate of drug-likeness (QED) is 0.531. The molecule has 0 aliphatic carbocycles. The van der Waals surface area contributed by atoms with Crippen LogP contribution in [0.2, 0.25) is 0 Å². The van der Waals surface area contributed by atoms with Crippen LogP contribution < -0.4 is 10.1 Å². The maximum absolute atomic E-state index is 12.8. The maximum Gasteiger partial charge on any atom is 0.322 e. The average Bonchev–Trinajstić information content (AvgIpc) is 3.51. The lowest BCUT2D eigenvalue weighted by Crippen LogP contribution is -2.34. The summed E-state index contributed by atoms with van der Waals surface area (Å²) in [5.74, 6) is 0.347. The highest BCUT2D eigenvalue weighted by molar-refractivity contribution is 7.89. The van der Waals surface area contributed by atoms with Crippen molar-refractivity contribution in [3.63, 3.8) is 0 Å². The third-order valence-electron chi connectivity index (χ3n) is 5.27. The number of amides is 1. The first kappa shape index (κ1) is 22.9. The summed E-state index contributed by atoms with van der Waals surface area (Å²) in [7, 11) is -0.617. The van der Waals surface area contributed by atoms with E-state index in [1.54, 1.807) is 31.4 Å². The van der Waals surface area contributed by atoms with E-state index in [1.807, 2.05) is 0 Å². The maximum atomic E-state index is 12.8. The summed E-state index contributed by atoms with van der Waals surface area (Å²) in [6, 6.07) is 12.6. The molecular weight excluding hydrogens is 448 g/mol. The van der Waals surface area contributed by atoms with Gasteiger partial charge in [-0.1, -0.05) is 11.2 Å². The number of carbonyl (C=O) groups is 1. The molecule has 174 valence electrons. The zero-order valence-corrected chi connectivity index (χ0v) is 19.0. The molecule has 0 spiro atoms. The molecule has 1 atom stereocenters. The van der Waals surface area contributed by atoms with E-state index in [-0.39, 0.29) is 35.0 Å². The second-order valence-corrected chi connectivity index (χ2v) is 9.59. The number of methoxy groups -OCH3 is 1. The van der Waals surface area contributed by atoms with Crippen LogP contribution in [0.25, 0.3) is 11.5 Å². The Hall–Kier alpha value is -3.28. The summed E-state index contributed by atoms with van der Waals surface area (Å²) < 4.78 is 43.1. The van der Waals surface area contributed by atoms with Crippen molar-refractivity contribution >= 4 is 21.9 Å². The molecular formula is C22H24N4O6S. The van der Waals surface area contributed by atoms with Gasteiger partial charge in [0.1, 0.15) is 5.75 Å². The fourth-order valence-electron chi connectivity index (χ4n) is 3.45. The molecule has 0 radical (unpaired) electrons. The molecule has 1 fully saturated rings. The number of nitrogens with one attached hydrogen (secondary N) is 1. The van der Waals surface area contributed by atoms with Gasteiger partial charge in [-0.15, -0.1) is 5.10 Å². The van der Waals surface area contributed by atoms with E-state index in [0.29, 0.717) is 17.9 Å². The topological polar surface area (TPSA) is 124 Å². The molecule has 0 unspecified atom stereocenters. The largest absolute Gasteiger partial charge is 0.497 e. The molecule has 1 N–H and O–H groups in total. The smallest absolute Gasteiger partial charge is 0.322 e. The zero-order valence-electron chi connectivity index (χ0n) is 18.2. The van der Waals surface area contributed by atoms with Gasteiger partial charge in [0, 0.05) is 31.3 Å². The van der Waals surface area contributed by atoms with Gasteiger partial charge in [-0.3, -0.25) is 10.1 Å². The molecule has 0 saturated carbocycles. The molecule has 11 heteroatoms. The number of hydrogen-bond donors (Lipinski definition) is 1. The van der Waals surface area contributed by atoms with Crippen LogP contribution in [0.3, 0.4) is 0 Å². The van der Waals surface area contributed by atoms with E-state index in [1.165, 1.54) is 35.6 Å². The van der Waals surface area contributed by atoms with Crippen molar-refractivity contribution in [2.75, 3.05) is 32.6 Å². The molecule has 2 heterocycles. The van der Waals surface area contributed by atoms with E-state index in [4.69, 9.17) is 13.9 Å². The number of carbonyl (C=O) groups excluding carboxylic acids is 1. The van der Waals surface area contributed by atoms with Gasteiger partial charge in [-0.25, -0.2) is 8.42 Å². The Kier molecular flexibility index (Phi) is 6.72. The molecule has 1 amide bonds. The Morgan fingerprint density at radius 3 is 2.70 bits per heavy atom. The van der Waals surface area contributed by atoms with Crippen molar-refractivity contribution in [3.05, 3.63) is 54.1 Å². The lowest BCUT2D eigenvalue weighted by Gasteiger charge is -2.20. The number of ether oxygens (including phenoxy) is 2. The number of benzene rings is 2. The Morgan fingerprint density at radius 2 is 2.00 bits per heavy atom. The molecule has 1 aromatic heterocycles. The highest BCUT2D eigenvalue weighted by atomic mass is 32.2. The minimum absolute atomic E-state index is 0.0779. The standard InChI is InChI=1S/C22H24N4O6S/c1-26(14-18-7-4-12-31-18)33(28,29)19-10-8-15(9-11-19)20(27)23-22-25-24-21(32-22)16-5-3-6-17(13-16)30-2/h3,5-6,8-11,13,18H,4,7,12,14H2,1-2H3,(H,23,25,27)/t18-/m1/s1. The van der Waals surface area contributed by atoms with Crippen LogP contribution in [-0.2, 0) is 14.8 Å². The van der Waals surface area contributed by atoms with Crippen molar-refractivity contribution in [3.8, 4) is 17.2 Å². The summed E-state index contributed by atoms with van der Waals surface area (Å²) in [6.07, 6.45) is 1.68. The third kappa shape index (κ3) is 5.21. The summed E-state index contributed by atoms with van der Waals surface area (Å²) in [5.41, 5.74) is 0.890. The highest BCUT2D eigenvalue weighted by Gasteiger charge is 2.26. The van der Waals surface area contributed by atoms with Crippen molar-refractivity contribution in [2.45, 2.75) is 23.8 Å². The number of likely N-dealkylation sites (N-methyl/N-ethyl adjacent to an activating group) is 1. The predicted molar refractivity (Wildman–Crippen MR) is 119 cm³/mol. The molecule has 4 rings (SSSR count). The predicted octanol–water partition coefficient (Wildman–Crippen LogP) is 2.80. The van der Waals surface area contributed by atoms with Gasteiger partial charge in [-0.2, -0.15) is 4.31 Å². The first-order chi connectivity index (χ1) is 15.9. The second kappa shape index (κ2) is 9.69. The number of nitrogens with zero attached hydrogens (tertiary/aromatic N) is 3. The second-order valence-electron chi connectivity index (χ2n) is 7.54. The normalized spacial score (nSPS) is 16.2. The molecule has 2 aromatic carbocycles. The molecule has 1 saturated heterocycles. The molecule has 1 aliphatic heterocycles. The van der Waals surface area contributed by atoms with Gasteiger partial charge in [0.05, 0.1) is 18.1 Å². The molecule has 3 aromatic rings. The van der Waals surface area contributed by atoms with Gasteiger partial charge in [0.25, 0.3) is 5.91 Å². The Balaban J connectivity index is 1.42. The molecule has 0 bridgehead atoms. The summed E-state index contributed by atoms with van der Waals surface area (Å²) in [4.78, 5) is 12.6. The van der Waals surface area contributed by atoms with Gasteiger partial charge < -0.3 is 13.9 Å². The lowest BCUT2D eigenvalue weighted by molar-refractivity contribution is 0.0979. The van der Waals surface area contributed by atoms with Gasteiger partial charge in [-0.05, 0) is 55.3 Å². The number of sulfonamides is 1. The van der Waals surface area contributed by atoms with Gasteiger partial charge in [0.2, 0.25) is 15.9 Å². The number of rotatable bonds is 8. The Labute approximate surface area is 191 Å². The first-order valence-electron chi connectivity index (χ1n) is 10.3. The average molecular weight is 473 g/mol. The number of hydrogen-bond acceptors (Lipinski definition) is 8. The van der Waals surface area contributed by atoms with E-state index in [0.717, 1.165) is 12.8 Å². The van der Waals surface area contributed by atoms with Crippen molar-refractivity contribution in [2.24, 2.45) is 0 Å². The number of anilines is 1. The molecule has 33 heavy (non-hydrogen) atoms. The van der Waals surface area contributed by atoms with E-state index < -0.39 is 15.9 Å². The monoisotopic (exact) mass is 472 g/mol. The van der Waals surface area contributed by atoms with Gasteiger partial charge >= 0.3 is 6.01 Å². The van der Waals surface area contributed by atoms with E-state index in [9.17, 15) is 13.2 Å². The van der Waals surface area contributed by atoms with Crippen LogP contribution in [0.1, 0.15) is 23.2 Å². The fourth-order valence-corrected chi connectivity index (χ4v) is 4.65. The van der Waals surface area contributed by atoms with Crippen LogP contribution in [0, 0.1) is 0 Å². The zero-order chi connectivity index (χ0) is 23.4. The fraction of sp³-hybridized carbons (Fsp3) is 0.318. The van der Waals surface area contributed by atoms with Crippen LogP contribution in [0.5, 0.6) is 5.75 Å². The van der Waals surface area contributed by atoms with Gasteiger partial charge in [0.15, 0.2) is 0 Å². The van der Waals surface area contributed by atoms with Crippen LogP contribution in [0.4, 0.5) is 6.01 Å².